The number of aromatic nitrogens is 2. The quantitative estimate of drug-likeness (QED) is 0.234. The van der Waals surface area contributed by atoms with Gasteiger partial charge in [-0.3, -0.25) is 4.79 Å². The van der Waals surface area contributed by atoms with Crippen LogP contribution in [0, 0.1) is 0 Å². The molecule has 32 heavy (non-hydrogen) atoms. The zero-order valence-corrected chi connectivity index (χ0v) is 21.0. The number of hydrogen-bond donors (Lipinski definition) is 0. The molecule has 0 aliphatic heterocycles. The van der Waals surface area contributed by atoms with E-state index in [0.29, 0.717) is 22.7 Å². The van der Waals surface area contributed by atoms with Crippen LogP contribution in [0.15, 0.2) is 39.7 Å². The van der Waals surface area contributed by atoms with Crippen LogP contribution in [0.2, 0.25) is 0 Å². The third-order valence-electron chi connectivity index (χ3n) is 5.04. The lowest BCUT2D eigenvalue weighted by Gasteiger charge is -2.19. The fourth-order valence-electron chi connectivity index (χ4n) is 3.48. The number of nitrogens with zero attached hydrogens (tertiary/aromatic N) is 2. The fourth-order valence-corrected chi connectivity index (χ4v) is 4.06. The van der Waals surface area contributed by atoms with Crippen molar-refractivity contribution < 1.29 is 18.7 Å². The largest absolute Gasteiger partial charge is 0.474 e. The Labute approximate surface area is 197 Å². The lowest BCUT2D eigenvalue weighted by Crippen LogP contribution is -2.23. The van der Waals surface area contributed by atoms with Gasteiger partial charge in [0.15, 0.2) is 4.67 Å². The van der Waals surface area contributed by atoms with Gasteiger partial charge < -0.3 is 13.9 Å². The van der Waals surface area contributed by atoms with Crippen LogP contribution >= 0.6 is 15.9 Å². The summed E-state index contributed by atoms with van der Waals surface area (Å²) in [6, 6.07) is 8.37. The van der Waals surface area contributed by atoms with Crippen molar-refractivity contribution in [3.63, 3.8) is 0 Å². The molecule has 6 nitrogen and oxygen atoms in total. The van der Waals surface area contributed by atoms with E-state index in [2.05, 4.69) is 57.1 Å². The maximum absolute atomic E-state index is 11.9. The van der Waals surface area contributed by atoms with Crippen molar-refractivity contribution in [2.45, 2.75) is 78.4 Å². The SMILES string of the molecule is CCc1ccc(-c2c(Br)oc3ncnc(O[C@H](C)CCCCC(=O)OC(C)(C)C)c23)cc1. The number of esters is 1. The molecule has 0 amide bonds. The van der Waals surface area contributed by atoms with Crippen LogP contribution in [0.25, 0.3) is 22.2 Å². The molecule has 1 aromatic carbocycles. The van der Waals surface area contributed by atoms with Crippen LogP contribution in [0.3, 0.4) is 0 Å². The standard InChI is InChI=1S/C25H31BrN2O4/c1-6-17-11-13-18(14-12-17)20-21-23(27-15-28-24(21)31-22(20)26)30-16(2)9-7-8-10-19(29)32-25(3,4)5/h11-16H,6-10H2,1-5H3/t16-/m1/s1. The summed E-state index contributed by atoms with van der Waals surface area (Å²) in [6.07, 6.45) is 5.19. The van der Waals surface area contributed by atoms with Gasteiger partial charge in [-0.05, 0) is 80.4 Å². The molecule has 7 heteroatoms. The molecule has 0 unspecified atom stereocenters. The Morgan fingerprint density at radius 3 is 2.53 bits per heavy atom. The number of fused-ring (bicyclic) bond motifs is 1. The molecule has 0 bridgehead atoms. The summed E-state index contributed by atoms with van der Waals surface area (Å²) in [6.45, 7) is 9.77. The number of rotatable bonds is 9. The van der Waals surface area contributed by atoms with E-state index >= 15 is 0 Å². The summed E-state index contributed by atoms with van der Waals surface area (Å²) in [4.78, 5) is 20.5. The van der Waals surface area contributed by atoms with E-state index in [4.69, 9.17) is 13.9 Å². The van der Waals surface area contributed by atoms with Gasteiger partial charge in [0.1, 0.15) is 17.3 Å². The van der Waals surface area contributed by atoms with Crippen molar-refractivity contribution in [1.82, 2.24) is 9.97 Å². The highest BCUT2D eigenvalue weighted by molar-refractivity contribution is 9.10. The maximum Gasteiger partial charge on any atom is 0.306 e. The van der Waals surface area contributed by atoms with E-state index < -0.39 is 5.60 Å². The monoisotopic (exact) mass is 502 g/mol. The van der Waals surface area contributed by atoms with E-state index in [1.807, 2.05) is 27.7 Å². The number of carbonyl (C=O) groups is 1. The minimum Gasteiger partial charge on any atom is -0.474 e. The number of unbranched alkanes of at least 4 members (excludes halogenated alkanes) is 1. The lowest BCUT2D eigenvalue weighted by atomic mass is 10.0. The zero-order valence-electron chi connectivity index (χ0n) is 19.4. The second kappa shape index (κ2) is 10.5. The van der Waals surface area contributed by atoms with Gasteiger partial charge in [-0.2, -0.15) is 0 Å². The summed E-state index contributed by atoms with van der Waals surface area (Å²) in [5, 5.41) is 0.754. The summed E-state index contributed by atoms with van der Waals surface area (Å²) in [7, 11) is 0. The Hall–Kier alpha value is -2.41. The maximum atomic E-state index is 11.9. The molecule has 0 N–H and O–H groups in total. The third-order valence-corrected chi connectivity index (χ3v) is 5.59. The molecule has 0 radical (unpaired) electrons. The van der Waals surface area contributed by atoms with Crippen LogP contribution < -0.4 is 4.74 Å². The normalized spacial score (nSPS) is 12.7. The van der Waals surface area contributed by atoms with Gasteiger partial charge in [0.2, 0.25) is 11.6 Å². The van der Waals surface area contributed by atoms with E-state index in [-0.39, 0.29) is 12.1 Å². The van der Waals surface area contributed by atoms with E-state index in [1.54, 1.807) is 0 Å². The average Bonchev–Trinajstić information content (AvgIpc) is 3.07. The molecule has 0 aliphatic carbocycles. The van der Waals surface area contributed by atoms with Crippen LogP contribution in [0.1, 0.15) is 65.9 Å². The molecule has 0 fully saturated rings. The summed E-state index contributed by atoms with van der Waals surface area (Å²) >= 11 is 3.53. The highest BCUT2D eigenvalue weighted by Gasteiger charge is 2.22. The first-order valence-electron chi connectivity index (χ1n) is 11.1. The summed E-state index contributed by atoms with van der Waals surface area (Å²) in [5.74, 6) is 0.337. The van der Waals surface area contributed by atoms with Gasteiger partial charge in [0.25, 0.3) is 0 Å². The zero-order chi connectivity index (χ0) is 23.3. The second-order valence-electron chi connectivity index (χ2n) is 8.92. The molecule has 0 saturated carbocycles. The van der Waals surface area contributed by atoms with Gasteiger partial charge in [0.05, 0.1) is 6.10 Å². The molecule has 0 spiro atoms. The number of furan rings is 1. The van der Waals surface area contributed by atoms with E-state index in [1.165, 1.54) is 11.9 Å². The summed E-state index contributed by atoms with van der Waals surface area (Å²) < 4.78 is 18.0. The average molecular weight is 503 g/mol. The lowest BCUT2D eigenvalue weighted by molar-refractivity contribution is -0.154. The Morgan fingerprint density at radius 1 is 1.16 bits per heavy atom. The fraction of sp³-hybridized carbons (Fsp3) is 0.480. The predicted molar refractivity (Wildman–Crippen MR) is 129 cm³/mol. The van der Waals surface area contributed by atoms with Crippen LogP contribution in [-0.4, -0.2) is 27.6 Å². The topological polar surface area (TPSA) is 74.5 Å². The molecule has 172 valence electrons. The second-order valence-corrected chi connectivity index (χ2v) is 9.64. The first-order valence-corrected chi connectivity index (χ1v) is 11.9. The van der Waals surface area contributed by atoms with Crippen LogP contribution in [0.5, 0.6) is 5.88 Å². The Morgan fingerprint density at radius 2 is 1.88 bits per heavy atom. The first kappa shape index (κ1) is 24.2. The van der Waals surface area contributed by atoms with Crippen molar-refractivity contribution in [3.05, 3.63) is 40.8 Å². The van der Waals surface area contributed by atoms with Gasteiger partial charge in [-0.1, -0.05) is 31.2 Å². The van der Waals surface area contributed by atoms with Crippen molar-refractivity contribution in [2.24, 2.45) is 0 Å². The molecule has 0 aliphatic rings. The van der Waals surface area contributed by atoms with Gasteiger partial charge in [-0.15, -0.1) is 0 Å². The molecule has 3 rings (SSSR count). The van der Waals surface area contributed by atoms with Crippen molar-refractivity contribution >= 4 is 33.0 Å². The molecule has 3 aromatic rings. The van der Waals surface area contributed by atoms with E-state index in [9.17, 15) is 4.79 Å². The van der Waals surface area contributed by atoms with Crippen molar-refractivity contribution in [2.75, 3.05) is 0 Å². The van der Waals surface area contributed by atoms with Crippen molar-refractivity contribution in [1.29, 1.82) is 0 Å². The Bertz CT molecular complexity index is 1050. The molecule has 2 aromatic heterocycles. The van der Waals surface area contributed by atoms with Crippen LogP contribution in [-0.2, 0) is 16.0 Å². The molecule has 2 heterocycles. The minimum atomic E-state index is -0.445. The molecule has 0 saturated heterocycles. The van der Waals surface area contributed by atoms with Gasteiger partial charge >= 0.3 is 5.97 Å². The first-order chi connectivity index (χ1) is 15.2. The molecule has 1 atom stereocenters. The third kappa shape index (κ3) is 6.31. The Balaban J connectivity index is 1.69. The van der Waals surface area contributed by atoms with Crippen molar-refractivity contribution in [3.8, 4) is 17.0 Å². The van der Waals surface area contributed by atoms with Gasteiger partial charge in [-0.25, -0.2) is 9.97 Å². The number of benzene rings is 1. The highest BCUT2D eigenvalue weighted by atomic mass is 79.9. The number of hydrogen-bond acceptors (Lipinski definition) is 6. The smallest absolute Gasteiger partial charge is 0.306 e. The molecular formula is C25H31BrN2O4. The predicted octanol–water partition coefficient (Wildman–Crippen LogP) is 6.88. The minimum absolute atomic E-state index is 0.0734. The van der Waals surface area contributed by atoms with E-state index in [0.717, 1.165) is 42.2 Å². The summed E-state index contributed by atoms with van der Waals surface area (Å²) in [5.41, 5.74) is 3.20. The molecular weight excluding hydrogens is 472 g/mol. The highest BCUT2D eigenvalue weighted by Crippen LogP contribution is 2.41. The number of carbonyl (C=O) groups excluding carboxylic acids is 1. The number of aryl methyl sites for hydroxylation is 1. The Kier molecular flexibility index (Phi) is 7.93. The van der Waals surface area contributed by atoms with Gasteiger partial charge in [0, 0.05) is 12.0 Å². The number of ether oxygens (including phenoxy) is 2. The number of halogens is 1. The van der Waals surface area contributed by atoms with Crippen LogP contribution in [0.4, 0.5) is 0 Å².